The number of carbonyl (C=O) groups excluding carboxylic acids is 3. The first-order valence-corrected chi connectivity index (χ1v) is 12.7. The molecule has 0 unspecified atom stereocenters. The molecule has 0 spiro atoms. The standard InChI is InChI=1S/C32H32N2O5/c1-20-15-21(2)17-26(16-20)34-23(4)30(32(37)38-5)31(36)28(34)18-24-11-13-27(14-12-24)39-19-29(35)33-22(3)25-9-7-6-8-10-25/h6-18,22H,19H2,1-5H3,(H,33,35)/b28-18-/t22-/m0/s1. The average Bonchev–Trinajstić information content (AvgIpc) is 3.16. The first-order chi connectivity index (χ1) is 18.7. The normalized spacial score (nSPS) is 14.9. The van der Waals surface area contributed by atoms with Gasteiger partial charge in [0.25, 0.3) is 5.91 Å². The maximum atomic E-state index is 13.4. The molecule has 1 N–H and O–H groups in total. The maximum Gasteiger partial charge on any atom is 0.343 e. The van der Waals surface area contributed by atoms with Crippen LogP contribution in [-0.4, -0.2) is 31.4 Å². The zero-order chi connectivity index (χ0) is 28.1. The van der Waals surface area contributed by atoms with Crippen LogP contribution in [0.3, 0.4) is 0 Å². The van der Waals surface area contributed by atoms with E-state index in [9.17, 15) is 14.4 Å². The van der Waals surface area contributed by atoms with Gasteiger partial charge in [0.1, 0.15) is 11.3 Å². The Morgan fingerprint density at radius 2 is 1.59 bits per heavy atom. The highest BCUT2D eigenvalue weighted by Crippen LogP contribution is 2.36. The fourth-order valence-corrected chi connectivity index (χ4v) is 4.65. The molecular formula is C32H32N2O5. The van der Waals surface area contributed by atoms with Crippen LogP contribution < -0.4 is 15.0 Å². The van der Waals surface area contributed by atoms with E-state index in [4.69, 9.17) is 9.47 Å². The van der Waals surface area contributed by atoms with Crippen LogP contribution in [0, 0.1) is 13.8 Å². The summed E-state index contributed by atoms with van der Waals surface area (Å²) in [5.41, 5.74) is 5.50. The summed E-state index contributed by atoms with van der Waals surface area (Å²) in [6.45, 7) is 7.51. The molecule has 4 rings (SSSR count). The van der Waals surface area contributed by atoms with E-state index in [0.29, 0.717) is 17.1 Å². The second kappa shape index (κ2) is 11.8. The highest BCUT2D eigenvalue weighted by atomic mass is 16.5. The number of rotatable bonds is 8. The third-order valence-electron chi connectivity index (χ3n) is 6.48. The third-order valence-corrected chi connectivity index (χ3v) is 6.48. The van der Waals surface area contributed by atoms with Crippen LogP contribution in [0.5, 0.6) is 5.75 Å². The van der Waals surface area contributed by atoms with Crippen molar-refractivity contribution in [1.82, 2.24) is 5.32 Å². The summed E-state index contributed by atoms with van der Waals surface area (Å²) < 4.78 is 10.6. The van der Waals surface area contributed by atoms with Gasteiger partial charge < -0.3 is 19.7 Å². The summed E-state index contributed by atoms with van der Waals surface area (Å²) in [6.07, 6.45) is 1.73. The van der Waals surface area contributed by atoms with Gasteiger partial charge in [0, 0.05) is 11.4 Å². The largest absolute Gasteiger partial charge is 0.484 e. The second-order valence-corrected chi connectivity index (χ2v) is 9.55. The van der Waals surface area contributed by atoms with Crippen LogP contribution in [0.4, 0.5) is 5.69 Å². The van der Waals surface area contributed by atoms with E-state index in [1.165, 1.54) is 7.11 Å². The lowest BCUT2D eigenvalue weighted by molar-refractivity contribution is -0.137. The summed E-state index contributed by atoms with van der Waals surface area (Å²) in [7, 11) is 1.26. The Morgan fingerprint density at radius 3 is 2.21 bits per heavy atom. The molecule has 0 fully saturated rings. The summed E-state index contributed by atoms with van der Waals surface area (Å²) >= 11 is 0. The zero-order valence-electron chi connectivity index (χ0n) is 22.8. The highest BCUT2D eigenvalue weighted by Gasteiger charge is 2.38. The number of allylic oxidation sites excluding steroid dienone is 2. The maximum absolute atomic E-state index is 13.4. The molecule has 0 aliphatic carbocycles. The number of amides is 1. The average molecular weight is 525 g/mol. The molecule has 0 aromatic heterocycles. The summed E-state index contributed by atoms with van der Waals surface area (Å²) in [5.74, 6) is -0.773. The van der Waals surface area contributed by atoms with Gasteiger partial charge in [-0.1, -0.05) is 48.5 Å². The Morgan fingerprint density at radius 1 is 0.949 bits per heavy atom. The number of hydrogen-bond acceptors (Lipinski definition) is 6. The summed E-state index contributed by atoms with van der Waals surface area (Å²) in [5, 5.41) is 2.92. The molecule has 39 heavy (non-hydrogen) atoms. The van der Waals surface area contributed by atoms with E-state index in [2.05, 4.69) is 5.32 Å². The number of benzene rings is 3. The van der Waals surface area contributed by atoms with Crippen molar-refractivity contribution in [3.8, 4) is 5.75 Å². The molecule has 0 saturated carbocycles. The van der Waals surface area contributed by atoms with Crippen molar-refractivity contribution in [2.75, 3.05) is 18.6 Å². The van der Waals surface area contributed by atoms with Crippen molar-refractivity contribution >= 4 is 29.4 Å². The number of hydrogen-bond donors (Lipinski definition) is 1. The predicted octanol–water partition coefficient (Wildman–Crippen LogP) is 5.44. The van der Waals surface area contributed by atoms with Crippen molar-refractivity contribution in [2.24, 2.45) is 0 Å². The lowest BCUT2D eigenvalue weighted by Gasteiger charge is -2.22. The van der Waals surface area contributed by atoms with Crippen LogP contribution in [0.2, 0.25) is 0 Å². The summed E-state index contributed by atoms with van der Waals surface area (Å²) in [6, 6.07) is 22.6. The number of ketones is 1. The zero-order valence-corrected chi connectivity index (χ0v) is 22.8. The molecule has 0 radical (unpaired) electrons. The van der Waals surface area contributed by atoms with E-state index >= 15 is 0 Å². The minimum absolute atomic E-state index is 0.0126. The fourth-order valence-electron chi connectivity index (χ4n) is 4.65. The van der Waals surface area contributed by atoms with E-state index in [0.717, 1.165) is 27.9 Å². The molecule has 1 heterocycles. The van der Waals surface area contributed by atoms with E-state index in [1.54, 1.807) is 42.2 Å². The Hall–Kier alpha value is -4.65. The van der Waals surface area contributed by atoms with Crippen LogP contribution >= 0.6 is 0 Å². The van der Waals surface area contributed by atoms with E-state index in [1.807, 2.05) is 69.3 Å². The van der Waals surface area contributed by atoms with Gasteiger partial charge in [-0.3, -0.25) is 9.59 Å². The van der Waals surface area contributed by atoms with E-state index < -0.39 is 11.8 Å². The number of nitrogens with zero attached hydrogens (tertiary/aromatic N) is 1. The minimum atomic E-state index is -0.668. The quantitative estimate of drug-likeness (QED) is 0.240. The molecule has 0 bridgehead atoms. The van der Waals surface area contributed by atoms with Crippen molar-refractivity contribution in [2.45, 2.75) is 33.7 Å². The highest BCUT2D eigenvalue weighted by molar-refractivity contribution is 6.30. The smallest absolute Gasteiger partial charge is 0.343 e. The van der Waals surface area contributed by atoms with Crippen molar-refractivity contribution in [3.05, 3.63) is 112 Å². The molecular weight excluding hydrogens is 492 g/mol. The number of Topliss-reactive ketones (excluding diaryl/α,β-unsaturated/α-hetero) is 1. The first-order valence-electron chi connectivity index (χ1n) is 12.7. The van der Waals surface area contributed by atoms with Crippen LogP contribution in [0.25, 0.3) is 6.08 Å². The third kappa shape index (κ3) is 6.26. The van der Waals surface area contributed by atoms with Crippen LogP contribution in [0.1, 0.15) is 42.1 Å². The molecule has 0 saturated heterocycles. The molecule has 7 heteroatoms. The van der Waals surface area contributed by atoms with E-state index in [-0.39, 0.29) is 24.1 Å². The number of methoxy groups -OCH3 is 1. The Balaban J connectivity index is 1.51. The van der Waals surface area contributed by atoms with Gasteiger partial charge in [-0.25, -0.2) is 4.79 Å². The SMILES string of the molecule is COC(=O)C1=C(C)N(c2cc(C)cc(C)c2)/C(=C\c2ccc(OCC(=O)N[C@@H](C)c3ccccc3)cc2)C1=O. The second-order valence-electron chi connectivity index (χ2n) is 9.55. The monoisotopic (exact) mass is 524 g/mol. The number of aryl methyl sites for hydroxylation is 2. The minimum Gasteiger partial charge on any atom is -0.484 e. The number of ether oxygens (including phenoxy) is 2. The number of anilines is 1. The Bertz CT molecular complexity index is 1440. The van der Waals surface area contributed by atoms with Crippen LogP contribution in [-0.2, 0) is 19.1 Å². The number of carbonyl (C=O) groups is 3. The number of esters is 1. The van der Waals surface area contributed by atoms with Crippen molar-refractivity contribution in [1.29, 1.82) is 0 Å². The molecule has 200 valence electrons. The number of nitrogens with one attached hydrogen (secondary N) is 1. The van der Waals surface area contributed by atoms with Gasteiger partial charge in [0.05, 0.1) is 18.8 Å². The van der Waals surface area contributed by atoms with Crippen molar-refractivity contribution in [3.63, 3.8) is 0 Å². The van der Waals surface area contributed by atoms with Gasteiger partial charge in [0.15, 0.2) is 6.61 Å². The Kier molecular flexibility index (Phi) is 8.30. The summed E-state index contributed by atoms with van der Waals surface area (Å²) in [4.78, 5) is 40.0. The molecule has 7 nitrogen and oxygen atoms in total. The molecule has 3 aromatic carbocycles. The lowest BCUT2D eigenvalue weighted by Crippen LogP contribution is -2.31. The fraction of sp³-hybridized carbons (Fsp3) is 0.219. The van der Waals surface area contributed by atoms with Gasteiger partial charge >= 0.3 is 5.97 Å². The van der Waals surface area contributed by atoms with Crippen LogP contribution in [0.15, 0.2) is 89.8 Å². The molecule has 1 aliphatic rings. The van der Waals surface area contributed by atoms with Gasteiger partial charge in [-0.15, -0.1) is 0 Å². The van der Waals surface area contributed by atoms with Crippen molar-refractivity contribution < 1.29 is 23.9 Å². The van der Waals surface area contributed by atoms with Gasteiger partial charge in [0.2, 0.25) is 5.78 Å². The lowest BCUT2D eigenvalue weighted by atomic mass is 10.1. The van der Waals surface area contributed by atoms with Gasteiger partial charge in [-0.2, -0.15) is 0 Å². The molecule has 1 aliphatic heterocycles. The molecule has 1 amide bonds. The van der Waals surface area contributed by atoms with Gasteiger partial charge in [-0.05, 0) is 80.3 Å². The topological polar surface area (TPSA) is 84.9 Å². The first kappa shape index (κ1) is 27.4. The molecule has 1 atom stereocenters. The predicted molar refractivity (Wildman–Crippen MR) is 151 cm³/mol. The Labute approximate surface area is 228 Å². The molecule has 3 aromatic rings.